The maximum atomic E-state index is 12.2. The molecule has 0 saturated carbocycles. The van der Waals surface area contributed by atoms with Gasteiger partial charge in [-0.25, -0.2) is 8.42 Å². The van der Waals surface area contributed by atoms with Crippen LogP contribution in [0.5, 0.6) is 0 Å². The van der Waals surface area contributed by atoms with Crippen LogP contribution in [0.15, 0.2) is 11.1 Å². The van der Waals surface area contributed by atoms with E-state index in [1.807, 2.05) is 6.92 Å². The van der Waals surface area contributed by atoms with E-state index in [0.29, 0.717) is 6.42 Å². The summed E-state index contributed by atoms with van der Waals surface area (Å²) in [4.78, 5) is -0.324. The van der Waals surface area contributed by atoms with Crippen LogP contribution in [0.1, 0.15) is 32.4 Å². The van der Waals surface area contributed by atoms with Crippen LogP contribution in [-0.4, -0.2) is 30.5 Å². The van der Waals surface area contributed by atoms with Gasteiger partial charge in [-0.2, -0.15) is 18.3 Å². The van der Waals surface area contributed by atoms with Gasteiger partial charge in [0.05, 0.1) is 19.1 Å². The van der Waals surface area contributed by atoms with Crippen molar-refractivity contribution < 1.29 is 26.3 Å². The van der Waals surface area contributed by atoms with Crippen LogP contribution < -0.4 is 0 Å². The standard InChI is InChI=1S/C11H16ClF3N2O3S/c1-3-8(2)20-7-9-10(21(12,18)19)6-17(16-9)5-4-11(13,14)15/h6,8H,3-5,7H2,1-2H3/t8-/m1/s1. The molecule has 1 aromatic heterocycles. The highest BCUT2D eigenvalue weighted by atomic mass is 35.7. The third kappa shape index (κ3) is 6.23. The zero-order valence-electron chi connectivity index (χ0n) is 11.5. The van der Waals surface area contributed by atoms with Gasteiger partial charge in [0.25, 0.3) is 9.05 Å². The predicted octanol–water partition coefficient (Wildman–Crippen LogP) is 3.08. The van der Waals surface area contributed by atoms with Crippen molar-refractivity contribution >= 4 is 19.7 Å². The van der Waals surface area contributed by atoms with E-state index in [0.717, 1.165) is 10.9 Å². The first-order valence-electron chi connectivity index (χ1n) is 6.22. The maximum absolute atomic E-state index is 12.2. The van der Waals surface area contributed by atoms with Crippen LogP contribution in [-0.2, 0) is 26.9 Å². The molecule has 122 valence electrons. The molecule has 1 heterocycles. The number of alkyl halides is 3. The van der Waals surface area contributed by atoms with Crippen molar-refractivity contribution in [2.24, 2.45) is 0 Å². The Kier molecular flexibility index (Phi) is 6.06. The first kappa shape index (κ1) is 18.2. The molecule has 0 aliphatic heterocycles. The molecule has 1 rings (SSSR count). The number of rotatable bonds is 7. The highest BCUT2D eigenvalue weighted by Crippen LogP contribution is 2.23. The molecule has 0 saturated heterocycles. The summed E-state index contributed by atoms with van der Waals surface area (Å²) in [7, 11) is 1.16. The molecule has 0 radical (unpaired) electrons. The zero-order valence-corrected chi connectivity index (χ0v) is 13.1. The minimum Gasteiger partial charge on any atom is -0.372 e. The van der Waals surface area contributed by atoms with E-state index in [1.165, 1.54) is 0 Å². The van der Waals surface area contributed by atoms with Crippen LogP contribution >= 0.6 is 10.7 Å². The number of aromatic nitrogens is 2. The number of nitrogens with zero attached hydrogens (tertiary/aromatic N) is 2. The van der Waals surface area contributed by atoms with Gasteiger partial charge in [0.1, 0.15) is 10.6 Å². The fraction of sp³-hybridized carbons (Fsp3) is 0.727. The van der Waals surface area contributed by atoms with Crippen molar-refractivity contribution in [2.75, 3.05) is 0 Å². The Bertz CT molecular complexity index is 572. The molecule has 0 aromatic carbocycles. The van der Waals surface area contributed by atoms with E-state index < -0.39 is 28.2 Å². The normalized spacial score (nSPS) is 14.4. The number of hydrogen-bond donors (Lipinski definition) is 0. The molecule has 0 unspecified atom stereocenters. The second-order valence-corrected chi connectivity index (χ2v) is 7.07. The number of halogens is 4. The molecule has 1 aromatic rings. The highest BCUT2D eigenvalue weighted by molar-refractivity contribution is 8.13. The van der Waals surface area contributed by atoms with Crippen LogP contribution in [0.2, 0.25) is 0 Å². The maximum Gasteiger partial charge on any atom is 0.390 e. The third-order valence-corrected chi connectivity index (χ3v) is 4.13. The molecular formula is C11H16ClF3N2O3S. The van der Waals surface area contributed by atoms with Gasteiger partial charge in [-0.15, -0.1) is 0 Å². The fourth-order valence-electron chi connectivity index (χ4n) is 1.44. The van der Waals surface area contributed by atoms with Crippen LogP contribution in [0.3, 0.4) is 0 Å². The molecule has 0 aliphatic carbocycles. The average molecular weight is 349 g/mol. The van der Waals surface area contributed by atoms with E-state index in [2.05, 4.69) is 5.10 Å². The molecular weight excluding hydrogens is 333 g/mol. The van der Waals surface area contributed by atoms with Gasteiger partial charge in [0, 0.05) is 23.4 Å². The van der Waals surface area contributed by atoms with Crippen LogP contribution in [0, 0.1) is 0 Å². The average Bonchev–Trinajstić information content (AvgIpc) is 2.76. The van der Waals surface area contributed by atoms with Crippen molar-refractivity contribution in [3.05, 3.63) is 11.9 Å². The minimum absolute atomic E-state index is 0.00692. The Labute approximate surface area is 125 Å². The van der Waals surface area contributed by atoms with Gasteiger partial charge in [0.15, 0.2) is 0 Å². The molecule has 1 atom stereocenters. The quantitative estimate of drug-likeness (QED) is 0.710. The summed E-state index contributed by atoms with van der Waals surface area (Å²) < 4.78 is 65.6. The van der Waals surface area contributed by atoms with Crippen molar-refractivity contribution in [1.82, 2.24) is 9.78 Å². The minimum atomic E-state index is -4.35. The van der Waals surface area contributed by atoms with E-state index in [1.54, 1.807) is 6.92 Å². The first-order valence-corrected chi connectivity index (χ1v) is 8.53. The van der Waals surface area contributed by atoms with Gasteiger partial charge < -0.3 is 4.74 Å². The van der Waals surface area contributed by atoms with Crippen LogP contribution in [0.4, 0.5) is 13.2 Å². The van der Waals surface area contributed by atoms with Gasteiger partial charge in [-0.05, 0) is 13.3 Å². The Morgan fingerprint density at radius 1 is 1.48 bits per heavy atom. The van der Waals surface area contributed by atoms with Gasteiger partial charge >= 0.3 is 6.18 Å². The SMILES string of the molecule is CC[C@@H](C)OCc1nn(CCC(F)(F)F)cc1S(=O)(=O)Cl. The molecule has 0 N–H and O–H groups in total. The smallest absolute Gasteiger partial charge is 0.372 e. The summed E-state index contributed by atoms with van der Waals surface area (Å²) in [5, 5.41) is 3.81. The molecule has 0 bridgehead atoms. The Balaban J connectivity index is 2.92. The Hall–Kier alpha value is -0.800. The Morgan fingerprint density at radius 2 is 2.10 bits per heavy atom. The lowest BCUT2D eigenvalue weighted by atomic mass is 10.3. The van der Waals surface area contributed by atoms with Crippen molar-refractivity contribution in [3.8, 4) is 0 Å². The lowest BCUT2D eigenvalue weighted by molar-refractivity contribution is -0.137. The van der Waals surface area contributed by atoms with Gasteiger partial charge in [-0.1, -0.05) is 6.92 Å². The molecule has 0 aliphatic rings. The van der Waals surface area contributed by atoms with E-state index >= 15 is 0 Å². The van der Waals surface area contributed by atoms with Crippen LogP contribution in [0.25, 0.3) is 0 Å². The predicted molar refractivity (Wildman–Crippen MR) is 70.5 cm³/mol. The van der Waals surface area contributed by atoms with E-state index in [4.69, 9.17) is 15.4 Å². The number of hydrogen-bond acceptors (Lipinski definition) is 4. The van der Waals surface area contributed by atoms with Crippen molar-refractivity contribution in [2.45, 2.75) is 57.0 Å². The molecule has 21 heavy (non-hydrogen) atoms. The summed E-state index contributed by atoms with van der Waals surface area (Å²) >= 11 is 0. The summed E-state index contributed by atoms with van der Waals surface area (Å²) in [6.45, 7) is 3.06. The van der Waals surface area contributed by atoms with Gasteiger partial charge in [0.2, 0.25) is 0 Å². The summed E-state index contributed by atoms with van der Waals surface area (Å²) in [5.74, 6) is 0. The number of aryl methyl sites for hydroxylation is 1. The second kappa shape index (κ2) is 6.97. The molecule has 0 spiro atoms. The topological polar surface area (TPSA) is 61.2 Å². The monoisotopic (exact) mass is 348 g/mol. The van der Waals surface area contributed by atoms with Gasteiger partial charge in [-0.3, -0.25) is 4.68 Å². The second-order valence-electron chi connectivity index (χ2n) is 4.54. The van der Waals surface area contributed by atoms with E-state index in [9.17, 15) is 21.6 Å². The molecule has 5 nitrogen and oxygen atoms in total. The molecule has 10 heteroatoms. The third-order valence-electron chi connectivity index (χ3n) is 2.77. The summed E-state index contributed by atoms with van der Waals surface area (Å²) in [6.07, 6.45) is -3.89. The highest BCUT2D eigenvalue weighted by Gasteiger charge is 2.28. The lowest BCUT2D eigenvalue weighted by Gasteiger charge is -2.09. The van der Waals surface area contributed by atoms with Crippen molar-refractivity contribution in [3.63, 3.8) is 0 Å². The Morgan fingerprint density at radius 3 is 2.57 bits per heavy atom. The molecule has 0 amide bonds. The largest absolute Gasteiger partial charge is 0.390 e. The molecule has 0 fully saturated rings. The first-order chi connectivity index (χ1) is 9.53. The summed E-state index contributed by atoms with van der Waals surface area (Å²) in [5.41, 5.74) is 0.00692. The zero-order chi connectivity index (χ0) is 16.3. The van der Waals surface area contributed by atoms with Crippen molar-refractivity contribution in [1.29, 1.82) is 0 Å². The fourth-order valence-corrected chi connectivity index (χ4v) is 2.46. The lowest BCUT2D eigenvalue weighted by Crippen LogP contribution is -2.13. The number of ether oxygens (including phenoxy) is 1. The summed E-state index contributed by atoms with van der Waals surface area (Å²) in [6, 6.07) is 0. The van der Waals surface area contributed by atoms with E-state index in [-0.39, 0.29) is 23.3 Å².